The summed E-state index contributed by atoms with van der Waals surface area (Å²) in [5.74, 6) is 0.173. The van der Waals surface area contributed by atoms with Gasteiger partial charge in [-0.3, -0.25) is 4.79 Å². The van der Waals surface area contributed by atoms with Gasteiger partial charge in [0.05, 0.1) is 24.7 Å². The summed E-state index contributed by atoms with van der Waals surface area (Å²) in [4.78, 5) is 19.0. The normalized spacial score (nSPS) is 9.57. The summed E-state index contributed by atoms with van der Waals surface area (Å²) >= 11 is 0. The smallest absolute Gasteiger partial charge is 0.313 e. The van der Waals surface area contributed by atoms with Crippen molar-refractivity contribution < 1.29 is 9.53 Å². The Morgan fingerprint density at radius 2 is 2.14 bits per heavy atom. The molecule has 1 aromatic heterocycles. The fourth-order valence-electron chi connectivity index (χ4n) is 0.916. The number of aromatic nitrogens is 2. The predicted molar refractivity (Wildman–Crippen MR) is 51.9 cm³/mol. The molecule has 0 aliphatic heterocycles. The van der Waals surface area contributed by atoms with Gasteiger partial charge in [-0.1, -0.05) is 0 Å². The van der Waals surface area contributed by atoms with E-state index in [4.69, 9.17) is 4.74 Å². The van der Waals surface area contributed by atoms with Crippen LogP contribution in [0.1, 0.15) is 12.7 Å². The number of hydrogen-bond acceptors (Lipinski definition) is 5. The largest absolute Gasteiger partial charge is 0.466 e. The van der Waals surface area contributed by atoms with E-state index in [1.807, 2.05) is 0 Å². The molecule has 5 heteroatoms. The summed E-state index contributed by atoms with van der Waals surface area (Å²) in [5.41, 5.74) is 0.817. The molecule has 0 fully saturated rings. The third kappa shape index (κ3) is 3.01. The summed E-state index contributed by atoms with van der Waals surface area (Å²) in [6.45, 7) is 2.15. The van der Waals surface area contributed by atoms with E-state index in [2.05, 4.69) is 15.3 Å². The van der Waals surface area contributed by atoms with Crippen molar-refractivity contribution in [3.63, 3.8) is 0 Å². The van der Waals surface area contributed by atoms with Crippen LogP contribution in [0.4, 0.5) is 5.69 Å². The maximum absolute atomic E-state index is 11.0. The summed E-state index contributed by atoms with van der Waals surface area (Å²) in [6, 6.07) is 0. The van der Waals surface area contributed by atoms with Crippen LogP contribution >= 0.6 is 0 Å². The molecule has 0 aliphatic carbocycles. The topological polar surface area (TPSA) is 64.1 Å². The van der Waals surface area contributed by atoms with Gasteiger partial charge in [-0.05, 0) is 6.92 Å². The molecule has 0 bridgehead atoms. The monoisotopic (exact) mass is 195 g/mol. The van der Waals surface area contributed by atoms with Crippen molar-refractivity contribution in [3.05, 3.63) is 18.2 Å². The Morgan fingerprint density at radius 1 is 1.50 bits per heavy atom. The lowest BCUT2D eigenvalue weighted by molar-refractivity contribution is -0.142. The molecule has 1 N–H and O–H groups in total. The van der Waals surface area contributed by atoms with Crippen molar-refractivity contribution in [1.29, 1.82) is 0 Å². The quantitative estimate of drug-likeness (QED) is 0.714. The van der Waals surface area contributed by atoms with Crippen LogP contribution in [-0.4, -0.2) is 29.6 Å². The summed E-state index contributed by atoms with van der Waals surface area (Å²) in [5, 5.41) is 2.89. The molecule has 5 nitrogen and oxygen atoms in total. The number of carbonyl (C=O) groups is 1. The number of hydrogen-bond donors (Lipinski definition) is 1. The van der Waals surface area contributed by atoms with Crippen LogP contribution in [0, 0.1) is 0 Å². The van der Waals surface area contributed by atoms with Gasteiger partial charge in [0.1, 0.15) is 12.2 Å². The summed E-state index contributed by atoms with van der Waals surface area (Å²) in [6.07, 6.45) is 3.38. The lowest BCUT2D eigenvalue weighted by Crippen LogP contribution is -2.10. The van der Waals surface area contributed by atoms with Gasteiger partial charge in [-0.2, -0.15) is 0 Å². The standard InChI is InChI=1S/C9H13N3O2/c1-3-14-9(13)4-8-11-5-7(10-2)6-12-8/h5-6,10H,3-4H2,1-2H3. The third-order valence-corrected chi connectivity index (χ3v) is 1.60. The minimum atomic E-state index is -0.301. The first-order valence-electron chi connectivity index (χ1n) is 4.40. The predicted octanol–water partition coefficient (Wildman–Crippen LogP) is 0.624. The van der Waals surface area contributed by atoms with Gasteiger partial charge >= 0.3 is 5.97 Å². The van der Waals surface area contributed by atoms with Crippen LogP contribution in [0.5, 0.6) is 0 Å². The Bertz CT molecular complexity index is 297. The Morgan fingerprint density at radius 3 is 2.64 bits per heavy atom. The van der Waals surface area contributed by atoms with Crippen LogP contribution in [0.3, 0.4) is 0 Å². The van der Waals surface area contributed by atoms with E-state index < -0.39 is 0 Å². The third-order valence-electron chi connectivity index (χ3n) is 1.60. The van der Waals surface area contributed by atoms with Gasteiger partial charge < -0.3 is 10.1 Å². The van der Waals surface area contributed by atoms with Gasteiger partial charge in [0.15, 0.2) is 0 Å². The number of esters is 1. The van der Waals surface area contributed by atoms with E-state index in [0.29, 0.717) is 12.4 Å². The number of ether oxygens (including phenoxy) is 1. The van der Waals surface area contributed by atoms with Crippen molar-refractivity contribution in [1.82, 2.24) is 9.97 Å². The second-order valence-electron chi connectivity index (χ2n) is 2.62. The number of nitrogens with one attached hydrogen (secondary N) is 1. The Hall–Kier alpha value is -1.65. The molecule has 76 valence electrons. The molecule has 0 unspecified atom stereocenters. The first-order chi connectivity index (χ1) is 6.76. The second kappa shape index (κ2) is 5.16. The summed E-state index contributed by atoms with van der Waals surface area (Å²) < 4.78 is 4.77. The maximum Gasteiger partial charge on any atom is 0.313 e. The van der Waals surface area contributed by atoms with E-state index in [9.17, 15) is 4.79 Å². The molecular formula is C9H13N3O2. The molecule has 0 aliphatic rings. The lowest BCUT2D eigenvalue weighted by atomic mass is 10.4. The SMILES string of the molecule is CCOC(=O)Cc1ncc(NC)cn1. The number of anilines is 1. The minimum absolute atomic E-state index is 0.123. The van der Waals surface area contributed by atoms with Crippen LogP contribution < -0.4 is 5.32 Å². The van der Waals surface area contributed by atoms with Crippen molar-refractivity contribution in [2.24, 2.45) is 0 Å². The Kier molecular flexibility index (Phi) is 3.84. The zero-order chi connectivity index (χ0) is 10.4. The molecule has 1 aromatic rings. The van der Waals surface area contributed by atoms with Crippen molar-refractivity contribution in [3.8, 4) is 0 Å². The van der Waals surface area contributed by atoms with Crippen molar-refractivity contribution >= 4 is 11.7 Å². The molecule has 14 heavy (non-hydrogen) atoms. The molecule has 1 rings (SSSR count). The Labute approximate surface area is 82.5 Å². The van der Waals surface area contributed by atoms with E-state index in [-0.39, 0.29) is 12.4 Å². The maximum atomic E-state index is 11.0. The zero-order valence-electron chi connectivity index (χ0n) is 8.28. The average Bonchev–Trinajstić information content (AvgIpc) is 2.19. The van der Waals surface area contributed by atoms with Crippen LogP contribution in [-0.2, 0) is 16.0 Å². The first kappa shape index (κ1) is 10.4. The number of carbonyl (C=O) groups excluding carboxylic acids is 1. The molecule has 0 spiro atoms. The fraction of sp³-hybridized carbons (Fsp3) is 0.444. The van der Waals surface area contributed by atoms with Gasteiger partial charge in [0.25, 0.3) is 0 Å². The van der Waals surface area contributed by atoms with Gasteiger partial charge in [-0.15, -0.1) is 0 Å². The lowest BCUT2D eigenvalue weighted by Gasteiger charge is -2.01. The van der Waals surface area contributed by atoms with Gasteiger partial charge in [0.2, 0.25) is 0 Å². The highest BCUT2D eigenvalue weighted by atomic mass is 16.5. The van der Waals surface area contributed by atoms with E-state index in [1.165, 1.54) is 0 Å². The Balaban J connectivity index is 2.55. The van der Waals surface area contributed by atoms with Crippen LogP contribution in [0.25, 0.3) is 0 Å². The fourth-order valence-corrected chi connectivity index (χ4v) is 0.916. The van der Waals surface area contributed by atoms with E-state index in [1.54, 1.807) is 26.4 Å². The van der Waals surface area contributed by atoms with Crippen LogP contribution in [0.15, 0.2) is 12.4 Å². The second-order valence-corrected chi connectivity index (χ2v) is 2.62. The molecule has 0 saturated carbocycles. The molecule has 0 aromatic carbocycles. The van der Waals surface area contributed by atoms with Crippen molar-refractivity contribution in [2.75, 3.05) is 19.0 Å². The molecule has 1 heterocycles. The van der Waals surface area contributed by atoms with Gasteiger partial charge in [-0.25, -0.2) is 9.97 Å². The highest BCUT2D eigenvalue weighted by molar-refractivity contribution is 5.71. The van der Waals surface area contributed by atoms with Gasteiger partial charge in [0, 0.05) is 7.05 Å². The molecule has 0 amide bonds. The molecular weight excluding hydrogens is 182 g/mol. The first-order valence-corrected chi connectivity index (χ1v) is 4.40. The van der Waals surface area contributed by atoms with E-state index in [0.717, 1.165) is 5.69 Å². The highest BCUT2D eigenvalue weighted by Crippen LogP contribution is 2.01. The molecule has 0 saturated heterocycles. The molecule has 0 radical (unpaired) electrons. The minimum Gasteiger partial charge on any atom is -0.466 e. The highest BCUT2D eigenvalue weighted by Gasteiger charge is 2.05. The van der Waals surface area contributed by atoms with E-state index >= 15 is 0 Å². The zero-order valence-corrected chi connectivity index (χ0v) is 8.28. The molecule has 0 atom stereocenters. The van der Waals surface area contributed by atoms with Crippen LogP contribution in [0.2, 0.25) is 0 Å². The summed E-state index contributed by atoms with van der Waals surface area (Å²) in [7, 11) is 1.78. The number of nitrogens with zero attached hydrogens (tertiary/aromatic N) is 2. The number of rotatable bonds is 4. The average molecular weight is 195 g/mol. The van der Waals surface area contributed by atoms with Crippen molar-refractivity contribution in [2.45, 2.75) is 13.3 Å².